The van der Waals surface area contributed by atoms with E-state index in [0.717, 1.165) is 29.5 Å². The smallest absolute Gasteiger partial charge is 0.252 e. The van der Waals surface area contributed by atoms with Crippen molar-refractivity contribution >= 4 is 5.91 Å². The molecule has 1 amide bonds. The minimum Gasteiger partial charge on any atom is -0.343 e. The van der Waals surface area contributed by atoms with Gasteiger partial charge in [0.1, 0.15) is 0 Å². The Morgan fingerprint density at radius 2 is 1.62 bits per heavy atom. The van der Waals surface area contributed by atoms with E-state index in [9.17, 15) is 4.79 Å². The van der Waals surface area contributed by atoms with Gasteiger partial charge in [0.05, 0.1) is 6.04 Å². The van der Waals surface area contributed by atoms with Crippen LogP contribution < -0.4 is 10.6 Å². The van der Waals surface area contributed by atoms with Crippen molar-refractivity contribution in [2.24, 2.45) is 0 Å². The third-order valence-electron chi connectivity index (χ3n) is 5.34. The highest BCUT2D eigenvalue weighted by molar-refractivity contribution is 5.95. The molecule has 0 bridgehead atoms. The van der Waals surface area contributed by atoms with E-state index >= 15 is 0 Å². The molecule has 0 aliphatic heterocycles. The Morgan fingerprint density at radius 3 is 2.25 bits per heavy atom. The summed E-state index contributed by atoms with van der Waals surface area (Å²) in [4.78, 5) is 12.9. The minimum absolute atomic E-state index is 0.00322. The predicted molar refractivity (Wildman–Crippen MR) is 98.1 cm³/mol. The van der Waals surface area contributed by atoms with E-state index in [1.54, 1.807) is 0 Å². The maximum absolute atomic E-state index is 12.9. The Bertz CT molecular complexity index is 690. The molecule has 0 aromatic heterocycles. The van der Waals surface area contributed by atoms with Crippen molar-refractivity contribution in [3.8, 4) is 0 Å². The van der Waals surface area contributed by atoms with Crippen LogP contribution in [0, 0.1) is 6.92 Å². The highest BCUT2D eigenvalue weighted by Gasteiger charge is 2.41. The molecule has 0 saturated heterocycles. The molecule has 2 aromatic carbocycles. The highest BCUT2D eigenvalue weighted by atomic mass is 16.1. The van der Waals surface area contributed by atoms with Gasteiger partial charge in [-0.1, -0.05) is 61.4 Å². The molecule has 3 rings (SSSR count). The Morgan fingerprint density at radius 1 is 1.00 bits per heavy atom. The van der Waals surface area contributed by atoms with Gasteiger partial charge in [0.15, 0.2) is 0 Å². The zero-order valence-corrected chi connectivity index (χ0v) is 14.5. The van der Waals surface area contributed by atoms with Gasteiger partial charge in [0.25, 0.3) is 5.91 Å². The van der Waals surface area contributed by atoms with Crippen molar-refractivity contribution in [2.45, 2.75) is 44.2 Å². The highest BCUT2D eigenvalue weighted by Crippen LogP contribution is 2.39. The second-order valence-electron chi connectivity index (χ2n) is 6.75. The van der Waals surface area contributed by atoms with Crippen LogP contribution in [0.3, 0.4) is 0 Å². The number of hydrogen-bond donors (Lipinski definition) is 2. The molecule has 3 heteroatoms. The van der Waals surface area contributed by atoms with Gasteiger partial charge in [0.2, 0.25) is 0 Å². The first-order chi connectivity index (χ1) is 11.7. The first kappa shape index (κ1) is 16.7. The molecular weight excluding hydrogens is 296 g/mol. The standard InChI is InChI=1S/C21H26N2O/c1-16-10-6-7-13-18(16)20(24)23-19(17-11-4-3-5-12-17)21(22-2)14-8-9-15-21/h3-7,10-13,19,22H,8-9,14-15H2,1-2H3,(H,23,24). The third-order valence-corrected chi connectivity index (χ3v) is 5.34. The van der Waals surface area contributed by atoms with Gasteiger partial charge in [0, 0.05) is 11.1 Å². The van der Waals surface area contributed by atoms with E-state index in [-0.39, 0.29) is 17.5 Å². The van der Waals surface area contributed by atoms with Gasteiger partial charge in [-0.2, -0.15) is 0 Å². The molecule has 2 aromatic rings. The molecule has 1 atom stereocenters. The average Bonchev–Trinajstić information content (AvgIpc) is 3.10. The lowest BCUT2D eigenvalue weighted by Gasteiger charge is -2.38. The van der Waals surface area contributed by atoms with Crippen LogP contribution in [0.1, 0.15) is 53.2 Å². The quantitative estimate of drug-likeness (QED) is 0.873. The molecule has 0 spiro atoms. The number of nitrogens with one attached hydrogen (secondary N) is 2. The summed E-state index contributed by atoms with van der Waals surface area (Å²) in [5.74, 6) is 0.00322. The lowest BCUT2D eigenvalue weighted by molar-refractivity contribution is 0.0903. The summed E-state index contributed by atoms with van der Waals surface area (Å²) in [6, 6.07) is 18.1. The molecule has 24 heavy (non-hydrogen) atoms. The molecule has 0 radical (unpaired) electrons. The summed E-state index contributed by atoms with van der Waals surface area (Å²) in [5.41, 5.74) is 2.85. The van der Waals surface area contributed by atoms with E-state index in [2.05, 4.69) is 22.8 Å². The summed E-state index contributed by atoms with van der Waals surface area (Å²) in [6.07, 6.45) is 4.56. The number of carbonyl (C=O) groups is 1. The average molecular weight is 322 g/mol. The topological polar surface area (TPSA) is 41.1 Å². The number of carbonyl (C=O) groups excluding carboxylic acids is 1. The molecule has 1 saturated carbocycles. The molecule has 0 heterocycles. The van der Waals surface area contributed by atoms with Crippen LogP contribution >= 0.6 is 0 Å². The van der Waals surface area contributed by atoms with E-state index < -0.39 is 0 Å². The molecule has 1 unspecified atom stereocenters. The maximum Gasteiger partial charge on any atom is 0.252 e. The Kier molecular flexibility index (Phi) is 5.00. The van der Waals surface area contributed by atoms with Crippen LogP contribution in [0.25, 0.3) is 0 Å². The van der Waals surface area contributed by atoms with E-state index in [1.807, 2.05) is 56.4 Å². The van der Waals surface area contributed by atoms with Gasteiger partial charge in [-0.25, -0.2) is 0 Å². The first-order valence-electron chi connectivity index (χ1n) is 8.77. The van der Waals surface area contributed by atoms with Gasteiger partial charge in [-0.05, 0) is 44.0 Å². The Labute approximate surface area is 144 Å². The zero-order chi connectivity index (χ0) is 17.0. The summed E-state index contributed by atoms with van der Waals surface area (Å²) in [6.45, 7) is 1.98. The van der Waals surface area contributed by atoms with Crippen molar-refractivity contribution in [2.75, 3.05) is 7.05 Å². The normalized spacial score (nSPS) is 17.4. The van der Waals surface area contributed by atoms with E-state index in [4.69, 9.17) is 0 Å². The number of rotatable bonds is 5. The Balaban J connectivity index is 1.94. The third kappa shape index (κ3) is 3.22. The number of benzene rings is 2. The van der Waals surface area contributed by atoms with Gasteiger partial charge < -0.3 is 10.6 Å². The molecule has 126 valence electrons. The Hall–Kier alpha value is -2.13. The fourth-order valence-electron chi connectivity index (χ4n) is 3.91. The van der Waals surface area contributed by atoms with Crippen molar-refractivity contribution in [1.82, 2.24) is 10.6 Å². The molecule has 2 N–H and O–H groups in total. The molecule has 3 nitrogen and oxygen atoms in total. The predicted octanol–water partition coefficient (Wildman–Crippen LogP) is 4.00. The number of aryl methyl sites for hydroxylation is 1. The van der Waals surface area contributed by atoms with Crippen LogP contribution in [0.4, 0.5) is 0 Å². The lowest BCUT2D eigenvalue weighted by atomic mass is 9.83. The monoisotopic (exact) mass is 322 g/mol. The fourth-order valence-corrected chi connectivity index (χ4v) is 3.91. The van der Waals surface area contributed by atoms with Gasteiger partial charge in [-0.3, -0.25) is 4.79 Å². The van der Waals surface area contributed by atoms with E-state index in [0.29, 0.717) is 0 Å². The summed E-state index contributed by atoms with van der Waals surface area (Å²) >= 11 is 0. The van der Waals surface area contributed by atoms with Crippen molar-refractivity contribution in [3.63, 3.8) is 0 Å². The van der Waals surface area contributed by atoms with Gasteiger partial charge in [-0.15, -0.1) is 0 Å². The van der Waals surface area contributed by atoms with Crippen molar-refractivity contribution in [1.29, 1.82) is 0 Å². The van der Waals surface area contributed by atoms with Crippen molar-refractivity contribution in [3.05, 3.63) is 71.3 Å². The first-order valence-corrected chi connectivity index (χ1v) is 8.77. The number of amides is 1. The van der Waals surface area contributed by atoms with Crippen LogP contribution in [0.2, 0.25) is 0 Å². The SMILES string of the molecule is CNC1(C(NC(=O)c2ccccc2C)c2ccccc2)CCCC1. The summed E-state index contributed by atoms with van der Waals surface area (Å²) in [7, 11) is 2.02. The van der Waals surface area contributed by atoms with Crippen LogP contribution in [-0.4, -0.2) is 18.5 Å². The molecule has 1 aliphatic carbocycles. The number of hydrogen-bond acceptors (Lipinski definition) is 2. The maximum atomic E-state index is 12.9. The van der Waals surface area contributed by atoms with Crippen LogP contribution in [-0.2, 0) is 0 Å². The zero-order valence-electron chi connectivity index (χ0n) is 14.5. The fraction of sp³-hybridized carbons (Fsp3) is 0.381. The second kappa shape index (κ2) is 7.18. The largest absolute Gasteiger partial charge is 0.343 e. The molecule has 1 fully saturated rings. The summed E-state index contributed by atoms with van der Waals surface area (Å²) < 4.78 is 0. The number of likely N-dealkylation sites (N-methyl/N-ethyl adjacent to an activating group) is 1. The molecular formula is C21H26N2O. The van der Waals surface area contributed by atoms with E-state index in [1.165, 1.54) is 12.8 Å². The molecule has 1 aliphatic rings. The minimum atomic E-state index is -0.0697. The van der Waals surface area contributed by atoms with Crippen LogP contribution in [0.15, 0.2) is 54.6 Å². The lowest BCUT2D eigenvalue weighted by Crippen LogP contribution is -2.52. The second-order valence-corrected chi connectivity index (χ2v) is 6.75. The van der Waals surface area contributed by atoms with Crippen LogP contribution in [0.5, 0.6) is 0 Å². The van der Waals surface area contributed by atoms with Gasteiger partial charge >= 0.3 is 0 Å². The van der Waals surface area contributed by atoms with Crippen molar-refractivity contribution < 1.29 is 4.79 Å². The summed E-state index contributed by atoms with van der Waals surface area (Å²) in [5, 5.41) is 6.86.